The van der Waals surface area contributed by atoms with Gasteiger partial charge in [-0.25, -0.2) is 0 Å². The Balaban J connectivity index is 2.15. The van der Waals surface area contributed by atoms with Crippen molar-refractivity contribution >= 4 is 5.78 Å². The maximum absolute atomic E-state index is 12.3. The van der Waals surface area contributed by atoms with Gasteiger partial charge in [0.05, 0.1) is 0 Å². The number of aryl methyl sites for hydroxylation is 1. The molecule has 3 rings (SSSR count). The standard InChI is InChI=1S/C15H14O2/c1-10-3-4-12-13(7-10)17-9-15(12)6-5-11(2)8-14(15)16/h3-8H,9H2,1-2H3/t15-/m0/s1. The Morgan fingerprint density at radius 1 is 1.29 bits per heavy atom. The third kappa shape index (κ3) is 1.37. The van der Waals surface area contributed by atoms with Crippen molar-refractivity contribution in [3.05, 3.63) is 53.1 Å². The lowest BCUT2D eigenvalue weighted by Gasteiger charge is -2.24. The summed E-state index contributed by atoms with van der Waals surface area (Å²) in [5.41, 5.74) is 2.57. The number of rotatable bonds is 0. The first kappa shape index (κ1) is 10.3. The summed E-state index contributed by atoms with van der Waals surface area (Å²) >= 11 is 0. The van der Waals surface area contributed by atoms with E-state index < -0.39 is 5.41 Å². The molecule has 0 bridgehead atoms. The number of ether oxygens (including phenoxy) is 1. The second kappa shape index (κ2) is 3.33. The molecule has 1 spiro atoms. The van der Waals surface area contributed by atoms with E-state index in [2.05, 4.69) is 0 Å². The second-order valence-corrected chi connectivity index (χ2v) is 4.85. The van der Waals surface area contributed by atoms with E-state index in [1.54, 1.807) is 6.08 Å². The Kier molecular flexibility index (Phi) is 2.02. The fourth-order valence-electron chi connectivity index (χ4n) is 2.47. The summed E-state index contributed by atoms with van der Waals surface area (Å²) in [4.78, 5) is 12.3. The van der Waals surface area contributed by atoms with E-state index in [9.17, 15) is 4.79 Å². The molecule has 0 amide bonds. The molecule has 1 aromatic carbocycles. The van der Waals surface area contributed by atoms with Gasteiger partial charge in [-0.15, -0.1) is 0 Å². The predicted octanol–water partition coefficient (Wildman–Crippen LogP) is 2.71. The molecule has 1 heterocycles. The average Bonchev–Trinajstić information content (AvgIpc) is 2.64. The molecule has 0 aromatic heterocycles. The Morgan fingerprint density at radius 2 is 2.12 bits per heavy atom. The molecule has 0 radical (unpaired) electrons. The zero-order chi connectivity index (χ0) is 12.0. The van der Waals surface area contributed by atoms with Crippen LogP contribution in [0.2, 0.25) is 0 Å². The molecule has 1 aliphatic heterocycles. The van der Waals surface area contributed by atoms with Crippen molar-refractivity contribution in [2.24, 2.45) is 0 Å². The van der Waals surface area contributed by atoms with Gasteiger partial charge < -0.3 is 4.74 Å². The molecule has 86 valence electrons. The molecule has 2 aliphatic rings. The number of ketones is 1. The Hall–Kier alpha value is -1.83. The maximum Gasteiger partial charge on any atom is 0.173 e. The Labute approximate surface area is 101 Å². The summed E-state index contributed by atoms with van der Waals surface area (Å²) in [6.45, 7) is 4.38. The van der Waals surface area contributed by atoms with Crippen molar-refractivity contribution in [3.8, 4) is 5.75 Å². The first-order valence-electron chi connectivity index (χ1n) is 5.78. The quantitative estimate of drug-likeness (QED) is 0.680. The van der Waals surface area contributed by atoms with E-state index in [0.717, 1.165) is 22.4 Å². The van der Waals surface area contributed by atoms with Crippen LogP contribution in [-0.4, -0.2) is 12.4 Å². The van der Waals surface area contributed by atoms with Crippen LogP contribution in [0, 0.1) is 6.92 Å². The molecule has 0 fully saturated rings. The van der Waals surface area contributed by atoms with Gasteiger partial charge in [-0.3, -0.25) is 4.79 Å². The topological polar surface area (TPSA) is 26.3 Å². The van der Waals surface area contributed by atoms with Gasteiger partial charge >= 0.3 is 0 Å². The highest BCUT2D eigenvalue weighted by Gasteiger charge is 2.45. The van der Waals surface area contributed by atoms with E-state index in [1.165, 1.54) is 0 Å². The first-order valence-corrected chi connectivity index (χ1v) is 5.78. The smallest absolute Gasteiger partial charge is 0.173 e. The summed E-state index contributed by atoms with van der Waals surface area (Å²) in [5.74, 6) is 0.969. The minimum Gasteiger partial charge on any atom is -0.491 e. The number of benzene rings is 1. The summed E-state index contributed by atoms with van der Waals surface area (Å²) in [6.07, 6.45) is 5.68. The highest BCUT2D eigenvalue weighted by Crippen LogP contribution is 2.42. The molecule has 1 aromatic rings. The van der Waals surface area contributed by atoms with Crippen LogP contribution in [-0.2, 0) is 10.2 Å². The summed E-state index contributed by atoms with van der Waals surface area (Å²) < 4.78 is 5.68. The fourth-order valence-corrected chi connectivity index (χ4v) is 2.47. The lowest BCUT2D eigenvalue weighted by molar-refractivity contribution is -0.118. The minimum absolute atomic E-state index is 0.125. The Bertz CT molecular complexity index is 566. The minimum atomic E-state index is -0.581. The second-order valence-electron chi connectivity index (χ2n) is 4.85. The number of hydrogen-bond donors (Lipinski definition) is 0. The van der Waals surface area contributed by atoms with Crippen molar-refractivity contribution in [3.63, 3.8) is 0 Å². The van der Waals surface area contributed by atoms with E-state index >= 15 is 0 Å². The summed E-state index contributed by atoms with van der Waals surface area (Å²) in [6, 6.07) is 6.03. The maximum atomic E-state index is 12.3. The van der Waals surface area contributed by atoms with Gasteiger partial charge in [-0.2, -0.15) is 0 Å². The van der Waals surface area contributed by atoms with E-state index in [4.69, 9.17) is 4.74 Å². The molecule has 0 N–H and O–H groups in total. The lowest BCUT2D eigenvalue weighted by atomic mass is 9.75. The molecule has 2 heteroatoms. The fraction of sp³-hybridized carbons (Fsp3) is 0.267. The molecule has 1 atom stereocenters. The van der Waals surface area contributed by atoms with Gasteiger partial charge in [-0.05, 0) is 37.1 Å². The number of carbonyl (C=O) groups is 1. The van der Waals surface area contributed by atoms with Gasteiger partial charge in [0.2, 0.25) is 0 Å². The number of allylic oxidation sites excluding steroid dienone is 3. The molecule has 0 saturated carbocycles. The highest BCUT2D eigenvalue weighted by molar-refractivity contribution is 6.04. The molecular weight excluding hydrogens is 212 g/mol. The van der Waals surface area contributed by atoms with Crippen LogP contribution in [0.1, 0.15) is 18.1 Å². The van der Waals surface area contributed by atoms with Gasteiger partial charge in [-0.1, -0.05) is 24.3 Å². The molecule has 2 nitrogen and oxygen atoms in total. The normalized spacial score (nSPS) is 25.8. The molecule has 1 aliphatic carbocycles. The highest BCUT2D eigenvalue weighted by atomic mass is 16.5. The predicted molar refractivity (Wildman–Crippen MR) is 66.3 cm³/mol. The van der Waals surface area contributed by atoms with Gasteiger partial charge in [0.1, 0.15) is 17.8 Å². The summed E-state index contributed by atoms with van der Waals surface area (Å²) in [7, 11) is 0. The third-order valence-corrected chi connectivity index (χ3v) is 3.50. The van der Waals surface area contributed by atoms with E-state index in [-0.39, 0.29) is 5.78 Å². The van der Waals surface area contributed by atoms with E-state index in [1.807, 2.05) is 44.2 Å². The van der Waals surface area contributed by atoms with Crippen LogP contribution in [0.15, 0.2) is 42.0 Å². The van der Waals surface area contributed by atoms with Crippen LogP contribution in [0.4, 0.5) is 0 Å². The number of carbonyl (C=O) groups excluding carboxylic acids is 1. The van der Waals surface area contributed by atoms with Crippen molar-refractivity contribution in [1.82, 2.24) is 0 Å². The molecule has 0 unspecified atom stereocenters. The average molecular weight is 226 g/mol. The van der Waals surface area contributed by atoms with Crippen LogP contribution < -0.4 is 4.74 Å². The number of hydrogen-bond acceptors (Lipinski definition) is 2. The van der Waals surface area contributed by atoms with Crippen LogP contribution in [0.3, 0.4) is 0 Å². The SMILES string of the molecule is CC1=CC(=O)[C@@]2(C=C1)COc1cc(C)ccc12. The van der Waals surface area contributed by atoms with Crippen LogP contribution in [0.25, 0.3) is 0 Å². The molecular formula is C15H14O2. The Morgan fingerprint density at radius 3 is 2.88 bits per heavy atom. The van der Waals surface area contributed by atoms with Gasteiger partial charge in [0, 0.05) is 5.56 Å². The summed E-state index contributed by atoms with van der Waals surface area (Å²) in [5, 5.41) is 0. The van der Waals surface area contributed by atoms with Crippen LogP contribution in [0.5, 0.6) is 5.75 Å². The monoisotopic (exact) mass is 226 g/mol. The number of fused-ring (bicyclic) bond motifs is 2. The zero-order valence-electron chi connectivity index (χ0n) is 9.99. The van der Waals surface area contributed by atoms with Crippen molar-refractivity contribution in [2.45, 2.75) is 19.3 Å². The molecule has 17 heavy (non-hydrogen) atoms. The first-order chi connectivity index (χ1) is 8.12. The van der Waals surface area contributed by atoms with Crippen molar-refractivity contribution in [1.29, 1.82) is 0 Å². The largest absolute Gasteiger partial charge is 0.491 e. The van der Waals surface area contributed by atoms with Gasteiger partial charge in [0.15, 0.2) is 5.78 Å². The molecule has 0 saturated heterocycles. The van der Waals surface area contributed by atoms with Crippen LogP contribution >= 0.6 is 0 Å². The van der Waals surface area contributed by atoms with Crippen molar-refractivity contribution in [2.75, 3.05) is 6.61 Å². The van der Waals surface area contributed by atoms with Crippen molar-refractivity contribution < 1.29 is 9.53 Å². The third-order valence-electron chi connectivity index (χ3n) is 3.50. The lowest BCUT2D eigenvalue weighted by Crippen LogP contribution is -2.36. The van der Waals surface area contributed by atoms with Gasteiger partial charge in [0.25, 0.3) is 0 Å². The van der Waals surface area contributed by atoms with E-state index in [0.29, 0.717) is 6.61 Å². The zero-order valence-corrected chi connectivity index (χ0v) is 9.99.